The van der Waals surface area contributed by atoms with Crippen molar-refractivity contribution in [2.24, 2.45) is 0 Å². The molecule has 0 unspecified atom stereocenters. The Hall–Kier alpha value is -2.03. The quantitative estimate of drug-likeness (QED) is 0.426. The Kier molecular flexibility index (Phi) is 6.10. The molecule has 0 spiro atoms. The van der Waals surface area contributed by atoms with E-state index in [4.69, 9.17) is 22.8 Å². The highest BCUT2D eigenvalue weighted by atomic mass is 35.5. The Morgan fingerprint density at radius 3 is 2.84 bits per heavy atom. The molecule has 132 valence electrons. The van der Waals surface area contributed by atoms with Gasteiger partial charge in [0.2, 0.25) is 0 Å². The van der Waals surface area contributed by atoms with Crippen LogP contribution in [0.15, 0.2) is 34.6 Å². The molecule has 0 radical (unpaired) electrons. The molecule has 2 aromatic rings. The average molecular weight is 378 g/mol. The van der Waals surface area contributed by atoms with Crippen LogP contribution in [-0.4, -0.2) is 16.1 Å². The number of esters is 1. The number of nitrogens with zero attached hydrogens (tertiary/aromatic N) is 1. The number of carbonyl (C=O) groups is 1. The van der Waals surface area contributed by atoms with Crippen molar-refractivity contribution < 1.29 is 9.53 Å². The van der Waals surface area contributed by atoms with Gasteiger partial charge >= 0.3 is 10.8 Å². The van der Waals surface area contributed by atoms with E-state index in [0.29, 0.717) is 23.4 Å². The van der Waals surface area contributed by atoms with E-state index in [1.807, 2.05) is 19.9 Å². The zero-order valence-electron chi connectivity index (χ0n) is 14.5. The molecule has 1 heterocycles. The van der Waals surface area contributed by atoms with Gasteiger partial charge in [-0.1, -0.05) is 46.6 Å². The maximum Gasteiger partial charge on any atom is 0.327 e. The normalized spacial score (nSPS) is 13.1. The molecule has 1 aromatic heterocycles. The van der Waals surface area contributed by atoms with E-state index in [9.17, 15) is 9.59 Å². The van der Waals surface area contributed by atoms with Gasteiger partial charge in [-0.15, -0.1) is 6.42 Å². The van der Waals surface area contributed by atoms with Gasteiger partial charge in [-0.05, 0) is 39.3 Å². The zero-order valence-corrected chi connectivity index (χ0v) is 16.0. The number of halogens is 1. The van der Waals surface area contributed by atoms with E-state index in [0.717, 1.165) is 16.0 Å². The highest BCUT2D eigenvalue weighted by Gasteiger charge is 2.26. The molecule has 0 bridgehead atoms. The Labute approximate surface area is 156 Å². The molecule has 25 heavy (non-hydrogen) atoms. The Morgan fingerprint density at radius 1 is 1.48 bits per heavy atom. The van der Waals surface area contributed by atoms with Crippen LogP contribution in [-0.2, 0) is 16.1 Å². The van der Waals surface area contributed by atoms with Gasteiger partial charge in [0.15, 0.2) is 5.60 Å². The summed E-state index contributed by atoms with van der Waals surface area (Å²) in [6, 6.07) is 5.24. The lowest BCUT2D eigenvalue weighted by atomic mass is 10.00. The number of thiazole rings is 1. The first-order valence-corrected chi connectivity index (χ1v) is 9.06. The first-order chi connectivity index (χ1) is 11.8. The first-order valence-electron chi connectivity index (χ1n) is 7.86. The van der Waals surface area contributed by atoms with Crippen molar-refractivity contribution in [1.29, 1.82) is 0 Å². The van der Waals surface area contributed by atoms with Gasteiger partial charge in [-0.2, -0.15) is 0 Å². The summed E-state index contributed by atoms with van der Waals surface area (Å²) >= 11 is 7.22. The first kappa shape index (κ1) is 19.3. The van der Waals surface area contributed by atoms with Crippen LogP contribution in [0.2, 0.25) is 5.02 Å². The topological polar surface area (TPSA) is 48.3 Å². The van der Waals surface area contributed by atoms with E-state index < -0.39 is 11.6 Å². The number of fused-ring (bicyclic) bond motifs is 1. The number of ether oxygens (including phenoxy) is 1. The molecule has 0 aliphatic rings. The van der Waals surface area contributed by atoms with Crippen molar-refractivity contribution in [2.45, 2.75) is 45.8 Å². The molecule has 1 atom stereocenters. The summed E-state index contributed by atoms with van der Waals surface area (Å²) in [5, 5.41) is 0.423. The summed E-state index contributed by atoms with van der Waals surface area (Å²) in [6.45, 7) is 5.47. The standard InChI is InChI=1S/C19H20ClNO3S/c1-5-19(4,11-7-8-13(2)3)24-16(22)12-21-17-14(20)9-6-10-15(17)25-18(21)23/h1,6,8-10H,7,11-12H2,2-4H3/t19-/m0/s1. The van der Waals surface area contributed by atoms with Crippen molar-refractivity contribution in [3.8, 4) is 12.3 Å². The van der Waals surface area contributed by atoms with Crippen molar-refractivity contribution >= 4 is 39.1 Å². The van der Waals surface area contributed by atoms with E-state index in [2.05, 4.69) is 5.92 Å². The van der Waals surface area contributed by atoms with Crippen molar-refractivity contribution in [3.63, 3.8) is 0 Å². The van der Waals surface area contributed by atoms with Crippen LogP contribution in [0.4, 0.5) is 0 Å². The summed E-state index contributed by atoms with van der Waals surface area (Å²) in [5.41, 5.74) is 0.710. The predicted molar refractivity (Wildman–Crippen MR) is 103 cm³/mol. The third kappa shape index (κ3) is 4.75. The SMILES string of the molecule is C#C[C@@](C)(CCC=C(C)C)OC(=O)Cn1c(=O)sc2cccc(Cl)c21. The van der Waals surface area contributed by atoms with E-state index >= 15 is 0 Å². The molecular formula is C19H20ClNO3S. The zero-order chi connectivity index (χ0) is 18.6. The van der Waals surface area contributed by atoms with Crippen LogP contribution >= 0.6 is 22.9 Å². The van der Waals surface area contributed by atoms with Crippen LogP contribution in [0.3, 0.4) is 0 Å². The summed E-state index contributed by atoms with van der Waals surface area (Å²) in [5.74, 6) is 1.99. The lowest BCUT2D eigenvalue weighted by Crippen LogP contribution is -2.32. The Balaban J connectivity index is 2.17. The van der Waals surface area contributed by atoms with Crippen LogP contribution in [0.5, 0.6) is 0 Å². The molecule has 0 aliphatic carbocycles. The molecule has 2 rings (SSSR count). The van der Waals surface area contributed by atoms with E-state index in [1.165, 1.54) is 10.1 Å². The Bertz CT molecular complexity index is 915. The van der Waals surface area contributed by atoms with Crippen LogP contribution in [0, 0.1) is 12.3 Å². The van der Waals surface area contributed by atoms with Gasteiger partial charge < -0.3 is 4.74 Å². The van der Waals surface area contributed by atoms with Crippen molar-refractivity contribution in [3.05, 3.63) is 44.5 Å². The summed E-state index contributed by atoms with van der Waals surface area (Å²) < 4.78 is 7.54. The number of hydrogen-bond acceptors (Lipinski definition) is 4. The second-order valence-corrected chi connectivity index (χ2v) is 7.61. The molecule has 0 fully saturated rings. The number of terminal acetylenes is 1. The molecular weight excluding hydrogens is 358 g/mol. The molecule has 0 amide bonds. The minimum Gasteiger partial charge on any atom is -0.445 e. The van der Waals surface area contributed by atoms with Crippen LogP contribution < -0.4 is 4.87 Å². The molecule has 0 aliphatic heterocycles. The molecule has 6 heteroatoms. The molecule has 0 saturated heterocycles. The van der Waals surface area contributed by atoms with Crippen LogP contribution in [0.25, 0.3) is 10.2 Å². The van der Waals surface area contributed by atoms with Gasteiger partial charge in [0, 0.05) is 6.42 Å². The van der Waals surface area contributed by atoms with Crippen molar-refractivity contribution in [1.82, 2.24) is 4.57 Å². The summed E-state index contributed by atoms with van der Waals surface area (Å²) in [6.07, 6.45) is 8.82. The molecule has 4 nitrogen and oxygen atoms in total. The highest BCUT2D eigenvalue weighted by molar-refractivity contribution is 7.16. The minimum absolute atomic E-state index is 0.220. The monoisotopic (exact) mass is 377 g/mol. The van der Waals surface area contributed by atoms with Gasteiger partial charge in [0.25, 0.3) is 0 Å². The predicted octanol–water partition coefficient (Wildman–Crippen LogP) is 4.40. The van der Waals surface area contributed by atoms with Gasteiger partial charge in [-0.3, -0.25) is 14.2 Å². The maximum absolute atomic E-state index is 12.4. The van der Waals surface area contributed by atoms with E-state index in [-0.39, 0.29) is 11.4 Å². The average Bonchev–Trinajstić information content (AvgIpc) is 2.84. The molecule has 0 saturated carbocycles. The number of para-hydroxylation sites is 1. The highest BCUT2D eigenvalue weighted by Crippen LogP contribution is 2.25. The van der Waals surface area contributed by atoms with Gasteiger partial charge in [0.05, 0.1) is 15.2 Å². The maximum atomic E-state index is 12.4. The van der Waals surface area contributed by atoms with E-state index in [1.54, 1.807) is 25.1 Å². The molecule has 0 N–H and O–H groups in total. The third-order valence-corrected chi connectivity index (χ3v) is 4.99. The van der Waals surface area contributed by atoms with Gasteiger partial charge in [-0.25, -0.2) is 0 Å². The number of rotatable bonds is 6. The molecule has 1 aromatic carbocycles. The summed E-state index contributed by atoms with van der Waals surface area (Å²) in [4.78, 5) is 24.3. The number of aromatic nitrogens is 1. The van der Waals surface area contributed by atoms with Crippen molar-refractivity contribution in [2.75, 3.05) is 0 Å². The minimum atomic E-state index is -1.01. The third-order valence-electron chi connectivity index (χ3n) is 3.74. The smallest absolute Gasteiger partial charge is 0.327 e. The second-order valence-electron chi connectivity index (χ2n) is 6.21. The second kappa shape index (κ2) is 7.90. The lowest BCUT2D eigenvalue weighted by Gasteiger charge is -2.23. The number of benzene rings is 1. The lowest BCUT2D eigenvalue weighted by molar-refractivity contribution is -0.154. The van der Waals surface area contributed by atoms with Crippen LogP contribution in [0.1, 0.15) is 33.6 Å². The number of carbonyl (C=O) groups excluding carboxylic acids is 1. The Morgan fingerprint density at radius 2 is 2.20 bits per heavy atom. The number of allylic oxidation sites excluding steroid dienone is 2. The number of hydrogen-bond donors (Lipinski definition) is 0. The van der Waals surface area contributed by atoms with Gasteiger partial charge in [0.1, 0.15) is 6.54 Å². The summed E-state index contributed by atoms with van der Waals surface area (Å²) in [7, 11) is 0. The largest absolute Gasteiger partial charge is 0.445 e. The fourth-order valence-electron chi connectivity index (χ4n) is 2.43. The fraction of sp³-hybridized carbons (Fsp3) is 0.368. The fourth-order valence-corrected chi connectivity index (χ4v) is 3.68.